The van der Waals surface area contributed by atoms with Gasteiger partial charge in [0.1, 0.15) is 10.6 Å². The van der Waals surface area contributed by atoms with Gasteiger partial charge >= 0.3 is 5.97 Å². The Morgan fingerprint density at radius 1 is 1.24 bits per heavy atom. The zero-order valence-corrected chi connectivity index (χ0v) is 17.1. The zero-order valence-electron chi connectivity index (χ0n) is 15.6. The van der Waals surface area contributed by atoms with Gasteiger partial charge in [-0.05, 0) is 30.7 Å². The number of halogens is 1. The highest BCUT2D eigenvalue weighted by Crippen LogP contribution is 2.50. The molecule has 7 heteroatoms. The number of benzene rings is 2. The lowest BCUT2D eigenvalue weighted by atomic mass is 9.88. The van der Waals surface area contributed by atoms with Crippen LogP contribution in [0, 0.1) is 0 Å². The highest BCUT2D eigenvalue weighted by atomic mass is 35.5. The van der Waals surface area contributed by atoms with Crippen LogP contribution in [0.25, 0.3) is 11.1 Å². The fourth-order valence-corrected chi connectivity index (χ4v) is 5.00. The molecule has 0 fully saturated rings. The number of thiophene rings is 1. The molecule has 0 aliphatic carbocycles. The molecular formula is C22H18ClNO4S. The number of hydrogen-bond acceptors (Lipinski definition) is 4. The van der Waals surface area contributed by atoms with Crippen LogP contribution in [0.1, 0.15) is 39.4 Å². The summed E-state index contributed by atoms with van der Waals surface area (Å²) < 4.78 is 5.76. The van der Waals surface area contributed by atoms with Gasteiger partial charge in [-0.3, -0.25) is 4.79 Å². The quantitative estimate of drug-likeness (QED) is 0.552. The molecule has 1 aliphatic rings. The van der Waals surface area contributed by atoms with Crippen LogP contribution < -0.4 is 10.1 Å². The zero-order chi connectivity index (χ0) is 20.5. The molecule has 148 valence electrons. The van der Waals surface area contributed by atoms with E-state index in [4.69, 9.17) is 16.3 Å². The molecule has 1 unspecified atom stereocenters. The first-order valence-electron chi connectivity index (χ1n) is 9.17. The second kappa shape index (κ2) is 7.89. The highest BCUT2D eigenvalue weighted by molar-refractivity contribution is 7.15. The number of carboxylic acid groups (broad SMARTS) is 1. The van der Waals surface area contributed by atoms with Crippen LogP contribution >= 0.6 is 22.9 Å². The second-order valence-corrected chi connectivity index (χ2v) is 8.12. The lowest BCUT2D eigenvalue weighted by Crippen LogP contribution is -2.22. The molecule has 2 aromatic carbocycles. The van der Waals surface area contributed by atoms with Crippen molar-refractivity contribution in [2.45, 2.75) is 19.3 Å². The number of amides is 1. The molecule has 0 saturated carbocycles. The van der Waals surface area contributed by atoms with Crippen LogP contribution in [0.5, 0.6) is 5.75 Å². The SMILES string of the molecule is CCOc1ccccc1C1CC(=O)Nc2c1sc(C(=O)O)c2-c1ccc(Cl)cc1. The maximum atomic E-state index is 12.6. The van der Waals surface area contributed by atoms with Crippen molar-refractivity contribution in [1.29, 1.82) is 0 Å². The van der Waals surface area contributed by atoms with Crippen molar-refractivity contribution in [1.82, 2.24) is 0 Å². The number of aromatic carboxylic acids is 1. The van der Waals surface area contributed by atoms with Crippen molar-refractivity contribution in [3.05, 3.63) is 68.9 Å². The third-order valence-electron chi connectivity index (χ3n) is 4.83. The number of para-hydroxylation sites is 1. The summed E-state index contributed by atoms with van der Waals surface area (Å²) in [6.07, 6.45) is 0.233. The van der Waals surface area contributed by atoms with Gasteiger partial charge in [0.05, 0.1) is 12.3 Å². The van der Waals surface area contributed by atoms with Crippen molar-refractivity contribution in [3.63, 3.8) is 0 Å². The maximum Gasteiger partial charge on any atom is 0.346 e. The normalized spacial score (nSPS) is 15.5. The van der Waals surface area contributed by atoms with Crippen LogP contribution in [0.4, 0.5) is 5.69 Å². The van der Waals surface area contributed by atoms with Gasteiger partial charge in [-0.15, -0.1) is 11.3 Å². The molecule has 4 rings (SSSR count). The Balaban J connectivity index is 1.92. The van der Waals surface area contributed by atoms with Crippen molar-refractivity contribution in [3.8, 4) is 16.9 Å². The van der Waals surface area contributed by atoms with E-state index in [1.165, 1.54) is 11.3 Å². The second-order valence-electron chi connectivity index (χ2n) is 6.63. The minimum atomic E-state index is -1.03. The Bertz CT molecular complexity index is 1090. The van der Waals surface area contributed by atoms with E-state index >= 15 is 0 Å². The summed E-state index contributed by atoms with van der Waals surface area (Å²) in [5, 5.41) is 13.3. The molecule has 3 aromatic rings. The monoisotopic (exact) mass is 427 g/mol. The average Bonchev–Trinajstić information content (AvgIpc) is 3.08. The molecule has 2 heterocycles. The molecule has 0 radical (unpaired) electrons. The van der Waals surface area contributed by atoms with Crippen LogP contribution in [0.3, 0.4) is 0 Å². The van der Waals surface area contributed by atoms with Crippen LogP contribution in [0.15, 0.2) is 48.5 Å². The van der Waals surface area contributed by atoms with Crippen molar-refractivity contribution in [2.24, 2.45) is 0 Å². The molecule has 1 aliphatic heterocycles. The summed E-state index contributed by atoms with van der Waals surface area (Å²) in [5.74, 6) is -0.746. The molecule has 0 spiro atoms. The third-order valence-corrected chi connectivity index (χ3v) is 6.37. The Labute approximate surface area is 176 Å². The number of carbonyl (C=O) groups is 2. The van der Waals surface area contributed by atoms with Crippen molar-refractivity contribution >= 4 is 40.5 Å². The maximum absolute atomic E-state index is 12.6. The molecular weight excluding hydrogens is 410 g/mol. The van der Waals surface area contributed by atoms with E-state index in [0.717, 1.165) is 10.4 Å². The summed E-state index contributed by atoms with van der Waals surface area (Å²) in [5.41, 5.74) is 2.65. The van der Waals surface area contributed by atoms with Crippen LogP contribution in [-0.4, -0.2) is 23.6 Å². The van der Waals surface area contributed by atoms with E-state index in [0.29, 0.717) is 34.2 Å². The van der Waals surface area contributed by atoms with Gasteiger partial charge < -0.3 is 15.2 Å². The van der Waals surface area contributed by atoms with E-state index in [-0.39, 0.29) is 23.1 Å². The van der Waals surface area contributed by atoms with Gasteiger partial charge in [-0.25, -0.2) is 4.79 Å². The molecule has 1 amide bonds. The van der Waals surface area contributed by atoms with E-state index in [1.807, 2.05) is 31.2 Å². The number of anilines is 1. The highest BCUT2D eigenvalue weighted by Gasteiger charge is 2.35. The number of carbonyl (C=O) groups excluding carboxylic acids is 1. The molecule has 29 heavy (non-hydrogen) atoms. The third kappa shape index (κ3) is 3.61. The summed E-state index contributed by atoms with van der Waals surface area (Å²) in [7, 11) is 0. The first kappa shape index (κ1) is 19.5. The predicted molar refractivity (Wildman–Crippen MR) is 114 cm³/mol. The first-order valence-corrected chi connectivity index (χ1v) is 10.4. The fraction of sp³-hybridized carbons (Fsp3) is 0.182. The number of nitrogens with one attached hydrogen (secondary N) is 1. The minimum Gasteiger partial charge on any atom is -0.494 e. The van der Waals surface area contributed by atoms with E-state index in [9.17, 15) is 14.7 Å². The number of carboxylic acids is 1. The average molecular weight is 428 g/mol. The Kier molecular flexibility index (Phi) is 5.30. The molecule has 1 atom stereocenters. The molecule has 1 aromatic heterocycles. The Hall–Kier alpha value is -2.83. The van der Waals surface area contributed by atoms with E-state index in [2.05, 4.69) is 5.32 Å². The fourth-order valence-electron chi connectivity index (χ4n) is 3.64. The van der Waals surface area contributed by atoms with Crippen molar-refractivity contribution in [2.75, 3.05) is 11.9 Å². The number of hydrogen-bond donors (Lipinski definition) is 2. The molecule has 0 bridgehead atoms. The smallest absolute Gasteiger partial charge is 0.346 e. The molecule has 5 nitrogen and oxygen atoms in total. The molecule has 0 saturated heterocycles. The summed E-state index contributed by atoms with van der Waals surface area (Å²) >= 11 is 7.19. The van der Waals surface area contributed by atoms with Gasteiger partial charge in [0, 0.05) is 33.4 Å². The number of fused-ring (bicyclic) bond motifs is 1. The van der Waals surface area contributed by atoms with Gasteiger partial charge in [0.25, 0.3) is 0 Å². The lowest BCUT2D eigenvalue weighted by molar-refractivity contribution is -0.116. The molecule has 2 N–H and O–H groups in total. The van der Waals surface area contributed by atoms with Crippen LogP contribution in [-0.2, 0) is 4.79 Å². The largest absolute Gasteiger partial charge is 0.494 e. The predicted octanol–water partition coefficient (Wildman–Crippen LogP) is 5.64. The van der Waals surface area contributed by atoms with Crippen molar-refractivity contribution < 1.29 is 19.4 Å². The lowest BCUT2D eigenvalue weighted by Gasteiger charge is -2.25. The topological polar surface area (TPSA) is 75.6 Å². The van der Waals surface area contributed by atoms with Gasteiger partial charge in [0.15, 0.2) is 0 Å². The number of ether oxygens (including phenoxy) is 1. The standard InChI is InChI=1S/C22H18ClNO4S/c1-2-28-16-6-4-3-5-14(16)15-11-17(25)24-19-18(12-7-9-13(23)10-8-12)21(22(26)27)29-20(15)19/h3-10,15H,2,11H2,1H3,(H,24,25)(H,26,27). The summed E-state index contributed by atoms with van der Waals surface area (Å²) in [6.45, 7) is 2.41. The van der Waals surface area contributed by atoms with Crippen LogP contribution in [0.2, 0.25) is 5.02 Å². The Morgan fingerprint density at radius 3 is 2.66 bits per heavy atom. The van der Waals surface area contributed by atoms with Gasteiger partial charge in [-0.1, -0.05) is 41.9 Å². The summed E-state index contributed by atoms with van der Waals surface area (Å²) in [6, 6.07) is 14.5. The van der Waals surface area contributed by atoms with E-state index < -0.39 is 5.97 Å². The first-order chi connectivity index (χ1) is 14.0. The van der Waals surface area contributed by atoms with E-state index in [1.54, 1.807) is 24.3 Å². The Morgan fingerprint density at radius 2 is 1.97 bits per heavy atom. The summed E-state index contributed by atoms with van der Waals surface area (Å²) in [4.78, 5) is 25.6. The number of rotatable bonds is 5. The van der Waals surface area contributed by atoms with Gasteiger partial charge in [0.2, 0.25) is 5.91 Å². The minimum absolute atomic E-state index is 0.154. The van der Waals surface area contributed by atoms with Gasteiger partial charge in [-0.2, -0.15) is 0 Å².